The van der Waals surface area contributed by atoms with Gasteiger partial charge in [0.2, 0.25) is 5.91 Å². The highest BCUT2D eigenvalue weighted by atomic mass is 16.5. The summed E-state index contributed by atoms with van der Waals surface area (Å²) in [6.07, 6.45) is 3.86. The van der Waals surface area contributed by atoms with Gasteiger partial charge in [0.25, 0.3) is 0 Å². The molecule has 0 bridgehead atoms. The van der Waals surface area contributed by atoms with Crippen LogP contribution in [0.3, 0.4) is 0 Å². The Hall–Kier alpha value is -2.04. The third kappa shape index (κ3) is 5.06. The van der Waals surface area contributed by atoms with Gasteiger partial charge in [-0.2, -0.15) is 0 Å². The zero-order chi connectivity index (χ0) is 15.8. The van der Waals surface area contributed by atoms with Gasteiger partial charge in [-0.25, -0.2) is 4.79 Å². The molecule has 0 unspecified atom stereocenters. The van der Waals surface area contributed by atoms with Crippen molar-refractivity contribution in [2.75, 3.05) is 13.1 Å². The number of amides is 2. The Kier molecular flexibility index (Phi) is 6.25. The lowest BCUT2D eigenvalue weighted by Crippen LogP contribution is -2.47. The Morgan fingerprint density at radius 2 is 1.77 bits per heavy atom. The van der Waals surface area contributed by atoms with E-state index in [1.54, 1.807) is 6.92 Å². The summed E-state index contributed by atoms with van der Waals surface area (Å²) in [5, 5.41) is 2.62. The van der Waals surface area contributed by atoms with Crippen LogP contribution >= 0.6 is 0 Å². The van der Waals surface area contributed by atoms with Crippen LogP contribution in [0.4, 0.5) is 4.79 Å². The first-order valence-corrected chi connectivity index (χ1v) is 7.93. The monoisotopic (exact) mass is 304 g/mol. The second-order valence-corrected chi connectivity index (χ2v) is 5.67. The molecule has 1 aliphatic rings. The number of likely N-dealkylation sites (tertiary alicyclic amines) is 1. The summed E-state index contributed by atoms with van der Waals surface area (Å²) in [6.45, 7) is 3.47. The van der Waals surface area contributed by atoms with E-state index < -0.39 is 12.1 Å². The molecule has 1 aliphatic heterocycles. The lowest BCUT2D eigenvalue weighted by molar-refractivity contribution is -0.132. The third-order valence-corrected chi connectivity index (χ3v) is 3.84. The molecule has 1 heterocycles. The Labute approximate surface area is 131 Å². The van der Waals surface area contributed by atoms with Gasteiger partial charge in [0.05, 0.1) is 0 Å². The summed E-state index contributed by atoms with van der Waals surface area (Å²) in [5.41, 5.74) is 0.921. The maximum atomic E-state index is 12.3. The maximum absolute atomic E-state index is 12.3. The predicted octanol–water partition coefficient (Wildman–Crippen LogP) is 2.70. The van der Waals surface area contributed by atoms with Crippen molar-refractivity contribution in [3.63, 3.8) is 0 Å². The number of ether oxygens (including phenoxy) is 1. The first kappa shape index (κ1) is 16.3. The molecule has 1 saturated heterocycles. The number of benzene rings is 1. The molecule has 0 spiro atoms. The standard InChI is InChI=1S/C17H24N2O3/c1-14(16(20)19-11-7-2-3-8-12-19)18-17(21)22-13-15-9-5-4-6-10-15/h4-6,9-10,14H,2-3,7-8,11-13H2,1H3,(H,18,21)/t14-/m0/s1. The van der Waals surface area contributed by atoms with E-state index in [1.807, 2.05) is 35.2 Å². The van der Waals surface area contributed by atoms with Crippen molar-refractivity contribution in [3.8, 4) is 0 Å². The number of nitrogens with one attached hydrogen (secondary N) is 1. The van der Waals surface area contributed by atoms with Crippen molar-refractivity contribution >= 4 is 12.0 Å². The molecule has 120 valence electrons. The molecule has 2 rings (SSSR count). The molecule has 0 saturated carbocycles. The van der Waals surface area contributed by atoms with Crippen molar-refractivity contribution in [1.82, 2.24) is 10.2 Å². The molecule has 0 aromatic heterocycles. The lowest BCUT2D eigenvalue weighted by Gasteiger charge is -2.24. The van der Waals surface area contributed by atoms with E-state index in [4.69, 9.17) is 4.74 Å². The molecule has 1 aromatic carbocycles. The summed E-state index contributed by atoms with van der Waals surface area (Å²) < 4.78 is 5.14. The summed E-state index contributed by atoms with van der Waals surface area (Å²) >= 11 is 0. The molecule has 2 amide bonds. The van der Waals surface area contributed by atoms with Gasteiger partial charge in [-0.1, -0.05) is 43.2 Å². The number of nitrogens with zero attached hydrogens (tertiary/aromatic N) is 1. The molecule has 5 heteroatoms. The van der Waals surface area contributed by atoms with Crippen LogP contribution in [-0.4, -0.2) is 36.0 Å². The van der Waals surface area contributed by atoms with Crippen molar-refractivity contribution in [1.29, 1.82) is 0 Å². The van der Waals surface area contributed by atoms with Gasteiger partial charge in [0, 0.05) is 13.1 Å². The van der Waals surface area contributed by atoms with Gasteiger partial charge in [0.15, 0.2) is 0 Å². The van der Waals surface area contributed by atoms with Crippen LogP contribution in [-0.2, 0) is 16.1 Å². The molecule has 22 heavy (non-hydrogen) atoms. The molecule has 0 aliphatic carbocycles. The van der Waals surface area contributed by atoms with Crippen LogP contribution < -0.4 is 5.32 Å². The highest BCUT2D eigenvalue weighted by Crippen LogP contribution is 2.11. The minimum absolute atomic E-state index is 0.0291. The van der Waals surface area contributed by atoms with E-state index in [9.17, 15) is 9.59 Å². The highest BCUT2D eigenvalue weighted by Gasteiger charge is 2.23. The Balaban J connectivity index is 1.76. The van der Waals surface area contributed by atoms with Crippen LogP contribution in [0, 0.1) is 0 Å². The molecule has 1 atom stereocenters. The lowest BCUT2D eigenvalue weighted by atomic mass is 10.2. The van der Waals surface area contributed by atoms with Gasteiger partial charge in [0.1, 0.15) is 12.6 Å². The van der Waals surface area contributed by atoms with Gasteiger partial charge in [-0.05, 0) is 25.3 Å². The van der Waals surface area contributed by atoms with Crippen LogP contribution in [0.25, 0.3) is 0 Å². The zero-order valence-electron chi connectivity index (χ0n) is 13.1. The highest BCUT2D eigenvalue weighted by molar-refractivity contribution is 5.85. The van der Waals surface area contributed by atoms with E-state index >= 15 is 0 Å². The zero-order valence-corrected chi connectivity index (χ0v) is 13.1. The van der Waals surface area contributed by atoms with E-state index in [-0.39, 0.29) is 12.5 Å². The quantitative estimate of drug-likeness (QED) is 0.930. The predicted molar refractivity (Wildman–Crippen MR) is 84.3 cm³/mol. The van der Waals surface area contributed by atoms with Crippen LogP contribution in [0.1, 0.15) is 38.2 Å². The Morgan fingerprint density at radius 3 is 2.41 bits per heavy atom. The van der Waals surface area contributed by atoms with E-state index in [0.717, 1.165) is 31.5 Å². The number of carbonyl (C=O) groups is 2. The fourth-order valence-electron chi connectivity index (χ4n) is 2.57. The number of hydrogen-bond donors (Lipinski definition) is 1. The van der Waals surface area contributed by atoms with Crippen LogP contribution in [0.5, 0.6) is 0 Å². The van der Waals surface area contributed by atoms with Crippen molar-refractivity contribution in [2.24, 2.45) is 0 Å². The largest absolute Gasteiger partial charge is 0.445 e. The van der Waals surface area contributed by atoms with Crippen molar-refractivity contribution in [2.45, 2.75) is 45.3 Å². The minimum atomic E-state index is -0.556. The molecule has 1 aromatic rings. The summed E-state index contributed by atoms with van der Waals surface area (Å²) in [4.78, 5) is 25.9. The Bertz CT molecular complexity index is 482. The first-order chi connectivity index (χ1) is 10.7. The fraction of sp³-hybridized carbons (Fsp3) is 0.529. The fourth-order valence-corrected chi connectivity index (χ4v) is 2.57. The topological polar surface area (TPSA) is 58.6 Å². The number of carbonyl (C=O) groups excluding carboxylic acids is 2. The number of rotatable bonds is 4. The van der Waals surface area contributed by atoms with E-state index in [2.05, 4.69) is 5.32 Å². The average molecular weight is 304 g/mol. The van der Waals surface area contributed by atoms with Crippen LogP contribution in [0.15, 0.2) is 30.3 Å². The van der Waals surface area contributed by atoms with Crippen molar-refractivity contribution < 1.29 is 14.3 Å². The van der Waals surface area contributed by atoms with Crippen molar-refractivity contribution in [3.05, 3.63) is 35.9 Å². The molecule has 5 nitrogen and oxygen atoms in total. The second kappa shape index (κ2) is 8.41. The summed E-state index contributed by atoms with van der Waals surface area (Å²) in [5.74, 6) is -0.0291. The molecular weight excluding hydrogens is 280 g/mol. The smallest absolute Gasteiger partial charge is 0.408 e. The SMILES string of the molecule is C[C@H](NC(=O)OCc1ccccc1)C(=O)N1CCCCCC1. The summed E-state index contributed by atoms with van der Waals surface area (Å²) in [6, 6.07) is 8.91. The molecule has 1 fully saturated rings. The minimum Gasteiger partial charge on any atom is -0.445 e. The van der Waals surface area contributed by atoms with Crippen LogP contribution in [0.2, 0.25) is 0 Å². The van der Waals surface area contributed by atoms with Gasteiger partial charge < -0.3 is 15.0 Å². The molecule has 0 radical (unpaired) electrons. The van der Waals surface area contributed by atoms with E-state index in [1.165, 1.54) is 12.8 Å². The summed E-state index contributed by atoms with van der Waals surface area (Å²) in [7, 11) is 0. The third-order valence-electron chi connectivity index (χ3n) is 3.84. The normalized spacial score (nSPS) is 16.5. The average Bonchev–Trinajstić information content (AvgIpc) is 2.82. The maximum Gasteiger partial charge on any atom is 0.408 e. The molecule has 1 N–H and O–H groups in total. The first-order valence-electron chi connectivity index (χ1n) is 7.93. The molecular formula is C17H24N2O3. The number of hydrogen-bond acceptors (Lipinski definition) is 3. The van der Waals surface area contributed by atoms with Gasteiger partial charge >= 0.3 is 6.09 Å². The van der Waals surface area contributed by atoms with Gasteiger partial charge in [-0.3, -0.25) is 4.79 Å². The second-order valence-electron chi connectivity index (χ2n) is 5.67. The number of alkyl carbamates (subject to hydrolysis) is 1. The Morgan fingerprint density at radius 1 is 1.14 bits per heavy atom. The van der Waals surface area contributed by atoms with E-state index in [0.29, 0.717) is 0 Å². The van der Waals surface area contributed by atoms with Gasteiger partial charge in [-0.15, -0.1) is 0 Å².